The van der Waals surface area contributed by atoms with Gasteiger partial charge in [0.05, 0.1) is 17.9 Å². The lowest BCUT2D eigenvalue weighted by Gasteiger charge is -2.39. The van der Waals surface area contributed by atoms with E-state index in [1.54, 1.807) is 0 Å². The zero-order valence-corrected chi connectivity index (χ0v) is 22.0. The fourth-order valence-corrected chi connectivity index (χ4v) is 7.21. The van der Waals surface area contributed by atoms with E-state index >= 15 is 0 Å². The lowest BCUT2D eigenvalue weighted by Crippen LogP contribution is -2.39. The molecule has 0 saturated carbocycles. The number of halogens is 1. The minimum Gasteiger partial charge on any atom is -0.365 e. The van der Waals surface area contributed by atoms with Crippen LogP contribution in [0.15, 0.2) is 24.3 Å². The van der Waals surface area contributed by atoms with E-state index in [-0.39, 0.29) is 5.60 Å². The van der Waals surface area contributed by atoms with Gasteiger partial charge in [-0.05, 0) is 68.5 Å². The van der Waals surface area contributed by atoms with Crippen molar-refractivity contribution in [1.29, 1.82) is 0 Å². The first-order chi connectivity index (χ1) is 17.5. The van der Waals surface area contributed by atoms with E-state index in [2.05, 4.69) is 47.9 Å². The van der Waals surface area contributed by atoms with Crippen molar-refractivity contribution in [2.75, 3.05) is 31.1 Å². The molecule has 7 rings (SSSR count). The number of aromatic nitrogens is 2. The number of hydrogen-bond acceptors (Lipinski definition) is 5. The van der Waals surface area contributed by atoms with Crippen LogP contribution in [0.2, 0.25) is 0 Å². The second-order valence-corrected chi connectivity index (χ2v) is 11.7. The van der Waals surface area contributed by atoms with Gasteiger partial charge in [-0.2, -0.15) is 0 Å². The maximum absolute atomic E-state index is 12.6. The number of aryl methyl sites for hydroxylation is 2. The lowest BCUT2D eigenvalue weighted by atomic mass is 9.86. The van der Waals surface area contributed by atoms with Crippen LogP contribution in [0.1, 0.15) is 80.6 Å². The van der Waals surface area contributed by atoms with E-state index in [9.17, 15) is 4.39 Å². The van der Waals surface area contributed by atoms with E-state index in [1.807, 2.05) is 0 Å². The van der Waals surface area contributed by atoms with Crippen molar-refractivity contribution < 1.29 is 9.13 Å². The maximum Gasteiger partial charge on any atom is 0.138 e. The monoisotopic (exact) mass is 492 g/mol. The topological polar surface area (TPSA) is 41.5 Å². The molecule has 36 heavy (non-hydrogen) atoms. The van der Waals surface area contributed by atoms with Gasteiger partial charge in [-0.15, -0.1) is 0 Å². The quantitative estimate of drug-likeness (QED) is 0.563. The molecule has 1 aromatic heterocycles. The van der Waals surface area contributed by atoms with Gasteiger partial charge in [0.2, 0.25) is 0 Å². The van der Waals surface area contributed by atoms with E-state index in [0.29, 0.717) is 19.2 Å². The molecule has 3 fully saturated rings. The van der Waals surface area contributed by atoms with Crippen LogP contribution in [0.5, 0.6) is 0 Å². The molecule has 194 valence electrons. The number of benzene rings is 1. The number of alkyl halides is 1. The van der Waals surface area contributed by atoms with Crippen molar-refractivity contribution in [2.24, 2.45) is 5.92 Å². The molecule has 0 bridgehead atoms. The van der Waals surface area contributed by atoms with E-state index < -0.39 is 6.17 Å². The Kier molecular flexibility index (Phi) is 6.76. The molecule has 2 aromatic rings. The first-order valence-corrected chi connectivity index (χ1v) is 14.3. The van der Waals surface area contributed by atoms with Crippen LogP contribution in [-0.4, -0.2) is 53.3 Å². The van der Waals surface area contributed by atoms with Crippen LogP contribution >= 0.6 is 0 Å². The maximum atomic E-state index is 12.6. The minimum atomic E-state index is -0.518. The average Bonchev–Trinajstić information content (AvgIpc) is 3.58. The SMILES string of the molecule is CCc1nc2c(c(N3CCCC(C)C3)n1)CO[C@]1(CCc3ccccc31)C2.FC1CC2CCCN2C1. The highest BCUT2D eigenvalue weighted by molar-refractivity contribution is 5.52. The van der Waals surface area contributed by atoms with Crippen molar-refractivity contribution in [3.05, 3.63) is 52.5 Å². The van der Waals surface area contributed by atoms with Crippen molar-refractivity contribution in [2.45, 2.75) is 96.1 Å². The zero-order valence-electron chi connectivity index (χ0n) is 22.0. The zero-order chi connectivity index (χ0) is 24.7. The number of nitrogens with zero attached hydrogens (tertiary/aromatic N) is 4. The molecule has 5 aliphatic rings. The Bertz CT molecular complexity index is 1080. The molecular formula is C30H41FN4O. The van der Waals surface area contributed by atoms with Crippen LogP contribution in [0.3, 0.4) is 0 Å². The number of ether oxygens (including phenoxy) is 1. The van der Waals surface area contributed by atoms with Crippen molar-refractivity contribution >= 4 is 5.82 Å². The second-order valence-electron chi connectivity index (χ2n) is 11.7. The van der Waals surface area contributed by atoms with Gasteiger partial charge in [-0.25, -0.2) is 14.4 Å². The fraction of sp³-hybridized carbons (Fsp3) is 0.667. The number of hydrogen-bond donors (Lipinski definition) is 0. The molecule has 5 nitrogen and oxygen atoms in total. The van der Waals surface area contributed by atoms with E-state index in [1.165, 1.54) is 48.1 Å². The Morgan fingerprint density at radius 2 is 1.97 bits per heavy atom. The van der Waals surface area contributed by atoms with Gasteiger partial charge in [-0.3, -0.25) is 4.90 Å². The molecule has 6 heteroatoms. The normalized spacial score (nSPS) is 31.1. The number of piperidine rings is 1. The molecule has 3 unspecified atom stereocenters. The standard InChI is InChI=1S/C23H29N3O.C7H12FN/c1-3-21-24-20-13-23(11-10-17-8-4-5-9-19(17)23)27-15-18(20)22(25-21)26-12-6-7-16(2)14-26;8-6-4-7-2-1-3-9(7)5-6/h4-5,8-9,16H,3,6-7,10-15H2,1-2H3;6-7H,1-5H2/t16?,23-;/m1./s1. The summed E-state index contributed by atoms with van der Waals surface area (Å²) in [6.45, 7) is 9.20. The summed E-state index contributed by atoms with van der Waals surface area (Å²) in [5.41, 5.74) is 5.08. The van der Waals surface area contributed by atoms with E-state index in [0.717, 1.165) is 69.3 Å². The minimum absolute atomic E-state index is 0.185. The summed E-state index contributed by atoms with van der Waals surface area (Å²) in [6, 6.07) is 9.40. The molecule has 0 radical (unpaired) electrons. The van der Waals surface area contributed by atoms with Crippen LogP contribution in [0.4, 0.5) is 10.2 Å². The summed E-state index contributed by atoms with van der Waals surface area (Å²) in [7, 11) is 0. The van der Waals surface area contributed by atoms with Crippen LogP contribution in [0.25, 0.3) is 0 Å². The Hall–Kier alpha value is -2.05. The average molecular weight is 493 g/mol. The highest BCUT2D eigenvalue weighted by Gasteiger charge is 2.44. The summed E-state index contributed by atoms with van der Waals surface area (Å²) in [4.78, 5) is 14.7. The third-order valence-electron chi connectivity index (χ3n) is 9.10. The van der Waals surface area contributed by atoms with Gasteiger partial charge in [0.25, 0.3) is 0 Å². The molecule has 0 N–H and O–H groups in total. The smallest absolute Gasteiger partial charge is 0.138 e. The van der Waals surface area contributed by atoms with Gasteiger partial charge >= 0.3 is 0 Å². The molecule has 1 aromatic carbocycles. The Morgan fingerprint density at radius 3 is 2.81 bits per heavy atom. The first-order valence-electron chi connectivity index (χ1n) is 14.3. The van der Waals surface area contributed by atoms with Gasteiger partial charge in [0, 0.05) is 44.1 Å². The summed E-state index contributed by atoms with van der Waals surface area (Å²) >= 11 is 0. The summed E-state index contributed by atoms with van der Waals surface area (Å²) in [5, 5.41) is 0. The van der Waals surface area contributed by atoms with Crippen molar-refractivity contribution in [3.63, 3.8) is 0 Å². The molecule has 1 spiro atoms. The molecule has 1 aliphatic carbocycles. The third kappa shape index (κ3) is 4.56. The lowest BCUT2D eigenvalue weighted by molar-refractivity contribution is -0.0729. The molecule has 0 amide bonds. The highest BCUT2D eigenvalue weighted by atomic mass is 19.1. The van der Waals surface area contributed by atoms with Crippen LogP contribution in [-0.2, 0) is 36.2 Å². The summed E-state index contributed by atoms with van der Waals surface area (Å²) < 4.78 is 19.2. The predicted octanol–water partition coefficient (Wildman–Crippen LogP) is 5.38. The Labute approximate surface area is 215 Å². The summed E-state index contributed by atoms with van der Waals surface area (Å²) in [6.07, 6.45) is 9.31. The Morgan fingerprint density at radius 1 is 1.11 bits per heavy atom. The van der Waals surface area contributed by atoms with E-state index in [4.69, 9.17) is 14.7 Å². The molecule has 3 saturated heterocycles. The molecule has 4 aliphatic heterocycles. The first kappa shape index (κ1) is 24.3. The molecule has 5 heterocycles. The summed E-state index contributed by atoms with van der Waals surface area (Å²) in [5.74, 6) is 2.85. The van der Waals surface area contributed by atoms with Crippen LogP contribution in [0, 0.1) is 5.92 Å². The molecule has 4 atom stereocenters. The fourth-order valence-electron chi connectivity index (χ4n) is 7.21. The molecular weight excluding hydrogens is 451 g/mol. The Balaban J connectivity index is 0.000000223. The predicted molar refractivity (Wildman–Crippen MR) is 141 cm³/mol. The number of fused-ring (bicyclic) bond motifs is 4. The van der Waals surface area contributed by atoms with Gasteiger partial charge in [-0.1, -0.05) is 38.1 Å². The largest absolute Gasteiger partial charge is 0.365 e. The van der Waals surface area contributed by atoms with Gasteiger partial charge in [0.1, 0.15) is 17.8 Å². The van der Waals surface area contributed by atoms with Crippen LogP contribution < -0.4 is 4.90 Å². The second kappa shape index (κ2) is 10.0. The van der Waals surface area contributed by atoms with Gasteiger partial charge in [0.15, 0.2) is 0 Å². The highest BCUT2D eigenvalue weighted by Crippen LogP contribution is 2.46. The van der Waals surface area contributed by atoms with Crippen molar-refractivity contribution in [1.82, 2.24) is 14.9 Å². The number of anilines is 1. The van der Waals surface area contributed by atoms with Crippen molar-refractivity contribution in [3.8, 4) is 0 Å². The number of rotatable bonds is 2. The van der Waals surface area contributed by atoms with Gasteiger partial charge < -0.3 is 9.64 Å². The third-order valence-corrected chi connectivity index (χ3v) is 9.10.